The number of nitro groups is 2. The summed E-state index contributed by atoms with van der Waals surface area (Å²) in [5.41, 5.74) is 1.62. The third-order valence-corrected chi connectivity index (χ3v) is 4.84. The van der Waals surface area contributed by atoms with Gasteiger partial charge in [-0.15, -0.1) is 0 Å². The minimum atomic E-state index is -0.859. The van der Waals surface area contributed by atoms with Gasteiger partial charge in [0, 0.05) is 40.1 Å². The fourth-order valence-electron chi connectivity index (χ4n) is 3.19. The Kier molecular flexibility index (Phi) is 18.2. The molecular weight excluding hydrogens is 504 g/mol. The molecule has 2 aromatic rings. The second kappa shape index (κ2) is 18.8. The van der Waals surface area contributed by atoms with Gasteiger partial charge in [0.1, 0.15) is 6.04 Å². The van der Waals surface area contributed by atoms with Gasteiger partial charge in [0.05, 0.1) is 23.6 Å². The zero-order valence-electron chi connectivity index (χ0n) is 21.2. The highest BCUT2D eigenvalue weighted by Gasteiger charge is 2.22. The molecular formula is C21H33B3FN4O9. The molecule has 3 radical (unpaired) electrons. The minimum Gasteiger partial charge on any atom is -0.468 e. The number of aliphatic hydroxyl groups excluding tert-OH is 1. The van der Waals surface area contributed by atoms with Gasteiger partial charge >= 0.3 is 20.1 Å². The molecule has 0 aliphatic carbocycles. The van der Waals surface area contributed by atoms with Gasteiger partial charge in [0.25, 0.3) is 11.4 Å². The summed E-state index contributed by atoms with van der Waals surface area (Å²) in [5, 5.41) is 53.9. The van der Waals surface area contributed by atoms with E-state index in [2.05, 4.69) is 15.2 Å². The van der Waals surface area contributed by atoms with Crippen LogP contribution < -0.4 is 10.5 Å². The molecule has 2 aromatic carbocycles. The molecule has 207 valence electrons. The lowest BCUT2D eigenvalue weighted by Crippen LogP contribution is -2.46. The lowest BCUT2D eigenvalue weighted by atomic mass is 9.86. The number of nitrogens with zero attached hydrogens (tertiary/aromatic N) is 2. The zero-order valence-corrected chi connectivity index (χ0v) is 21.2. The summed E-state index contributed by atoms with van der Waals surface area (Å²) in [6.45, 7) is 2.95. The average molecular weight is 539 g/mol. The number of carbonyl (C=O) groups excluding carboxylic acids is 1. The maximum atomic E-state index is 11.5. The molecule has 0 spiro atoms. The van der Waals surface area contributed by atoms with Crippen LogP contribution in [0.1, 0.15) is 12.6 Å². The number of nitro benzene ring substituents is 2. The molecule has 0 aliphatic heterocycles. The smallest absolute Gasteiger partial charge is 0.374 e. The number of nitrogens with one attached hydrogen (secondary N) is 2. The maximum absolute atomic E-state index is 11.5. The van der Waals surface area contributed by atoms with Gasteiger partial charge in [0.15, 0.2) is 0 Å². The Morgan fingerprint density at radius 3 is 1.63 bits per heavy atom. The molecule has 17 heteroatoms. The Hall–Kier alpha value is -3.37. The van der Waals surface area contributed by atoms with E-state index >= 15 is 0 Å². The van der Waals surface area contributed by atoms with Crippen molar-refractivity contribution in [1.29, 1.82) is 0 Å². The van der Waals surface area contributed by atoms with Crippen molar-refractivity contribution >= 4 is 39.9 Å². The lowest BCUT2D eigenvalue weighted by Gasteiger charge is -2.16. The number of carbonyl (C=O) groups is 1. The molecule has 2 atom stereocenters. The predicted molar refractivity (Wildman–Crippen MR) is 145 cm³/mol. The van der Waals surface area contributed by atoms with Crippen LogP contribution in [-0.2, 0) is 22.4 Å². The number of non-ortho nitro benzene ring substituents is 2. The van der Waals surface area contributed by atoms with Crippen molar-refractivity contribution in [3.05, 3.63) is 79.9 Å². The number of methoxy groups -OCH3 is 1. The quantitative estimate of drug-likeness (QED) is 0.110. The fraction of sp³-hybridized carbons (Fsp3) is 0.381. The molecule has 0 aliphatic rings. The van der Waals surface area contributed by atoms with E-state index in [0.717, 1.165) is 11.1 Å². The third kappa shape index (κ3) is 13.8. The maximum Gasteiger partial charge on any atom is 0.374 e. The van der Waals surface area contributed by atoms with Crippen LogP contribution in [0.15, 0.2) is 48.5 Å². The van der Waals surface area contributed by atoms with Crippen molar-refractivity contribution < 1.29 is 40.7 Å². The first-order chi connectivity index (χ1) is 17.0. The van der Waals surface area contributed by atoms with Gasteiger partial charge in [-0.05, 0) is 37.6 Å². The van der Waals surface area contributed by atoms with Crippen LogP contribution in [0.25, 0.3) is 0 Å². The second-order valence-electron chi connectivity index (χ2n) is 7.90. The first-order valence-corrected chi connectivity index (χ1v) is 11.0. The number of esters is 1. The Morgan fingerprint density at radius 1 is 0.921 bits per heavy atom. The van der Waals surface area contributed by atoms with Crippen LogP contribution in [0, 0.1) is 20.2 Å². The number of ether oxygens (including phenoxy) is 1. The van der Waals surface area contributed by atoms with Crippen LogP contribution >= 0.6 is 0 Å². The Balaban J connectivity index is -0.000000620. The van der Waals surface area contributed by atoms with E-state index < -0.39 is 36.0 Å². The number of rotatable bonds is 12. The summed E-state index contributed by atoms with van der Waals surface area (Å²) in [7, 11) is -0.304. The van der Waals surface area contributed by atoms with Crippen molar-refractivity contribution in [2.24, 2.45) is 0 Å². The van der Waals surface area contributed by atoms with E-state index in [-0.39, 0.29) is 45.0 Å². The summed E-state index contributed by atoms with van der Waals surface area (Å²) in [5.74, 6) is -0.501. The number of halogens is 1. The SMILES string of the molecule is CB(O)N[C@H](CO)Cc1ccc([N+](=O)[O-])cc1.COC(=O)[C@H](Cc1ccc([N+](=O)[O-])cc1)NB(C)O.F.[3HH].[B]. The molecule has 0 unspecified atom stereocenters. The highest BCUT2D eigenvalue weighted by molar-refractivity contribution is 6.46. The summed E-state index contributed by atoms with van der Waals surface area (Å²) in [6, 6.07) is 11.0. The normalized spacial score (nSPS) is 11.3. The van der Waals surface area contributed by atoms with Gasteiger partial charge in [-0.25, -0.2) is 0 Å². The molecule has 0 saturated carbocycles. The monoisotopic (exact) mass is 539 g/mol. The van der Waals surface area contributed by atoms with Gasteiger partial charge in [-0.1, -0.05) is 24.3 Å². The molecule has 0 heterocycles. The average Bonchev–Trinajstić information content (AvgIpc) is 2.83. The number of benzene rings is 2. The standard InChI is InChI=1S/C11H15BN2O5.C10H15BN2O4.B.FH.H2/c1-12(16)13-10(11(15)19-2)7-8-3-5-9(6-4-8)14(17)18;1-11(15)12-9(7-14)6-8-2-4-10(5-3-8)13(16)17;;;/h3-6,10,13,16H,7H2,1-2H3;2-5,9,12,14-15H,6-7H2,1H3;;2*1H/t10-;9-;;;/m00.../s1/i;;;;1+2. The molecule has 2 rings (SSSR count). The number of hydrogen-bond donors (Lipinski definition) is 5. The van der Waals surface area contributed by atoms with Crippen LogP contribution in [-0.4, -0.2) is 79.3 Å². The Morgan fingerprint density at radius 2 is 1.32 bits per heavy atom. The lowest BCUT2D eigenvalue weighted by molar-refractivity contribution is -0.385. The molecule has 0 fully saturated rings. The van der Waals surface area contributed by atoms with Crippen LogP contribution in [0.4, 0.5) is 16.1 Å². The van der Waals surface area contributed by atoms with Gasteiger partial charge in [0.2, 0.25) is 0 Å². The highest BCUT2D eigenvalue weighted by atomic mass is 19.0. The van der Waals surface area contributed by atoms with E-state index in [1.807, 2.05) is 0 Å². The zero-order chi connectivity index (χ0) is 27.3. The van der Waals surface area contributed by atoms with Crippen molar-refractivity contribution in [2.75, 3.05) is 13.7 Å². The van der Waals surface area contributed by atoms with E-state index in [1.54, 1.807) is 31.1 Å². The summed E-state index contributed by atoms with van der Waals surface area (Å²) in [4.78, 5) is 31.6. The van der Waals surface area contributed by atoms with Crippen LogP contribution in [0.5, 0.6) is 0 Å². The topological polar surface area (TPSA) is 197 Å². The van der Waals surface area contributed by atoms with E-state index in [0.29, 0.717) is 6.42 Å². The largest absolute Gasteiger partial charge is 0.468 e. The molecule has 0 saturated heterocycles. The van der Waals surface area contributed by atoms with Gasteiger partial charge < -0.3 is 30.3 Å². The van der Waals surface area contributed by atoms with Crippen LogP contribution in [0.2, 0.25) is 13.6 Å². The molecule has 38 heavy (non-hydrogen) atoms. The first-order valence-electron chi connectivity index (χ1n) is 11.0. The van der Waals surface area contributed by atoms with Gasteiger partial charge in [-0.3, -0.25) is 29.7 Å². The van der Waals surface area contributed by atoms with E-state index in [4.69, 9.17) is 10.1 Å². The Bertz CT molecular complexity index is 994. The summed E-state index contributed by atoms with van der Waals surface area (Å²) >= 11 is 0. The predicted octanol–water partition coefficient (Wildman–Crippen LogP) is 0.595. The first kappa shape index (κ1) is 36.8. The molecule has 0 bridgehead atoms. The van der Waals surface area contributed by atoms with Crippen molar-refractivity contribution in [3.63, 3.8) is 0 Å². The van der Waals surface area contributed by atoms with Crippen molar-refractivity contribution in [1.82, 2.24) is 10.5 Å². The molecule has 13 nitrogen and oxygen atoms in total. The fourth-order valence-corrected chi connectivity index (χ4v) is 3.19. The highest BCUT2D eigenvalue weighted by Crippen LogP contribution is 2.14. The number of hydrogen-bond acceptors (Lipinski definition) is 11. The van der Waals surface area contributed by atoms with E-state index in [9.17, 15) is 30.0 Å². The minimum absolute atomic E-state index is 0. The molecule has 0 aromatic heterocycles. The third-order valence-electron chi connectivity index (χ3n) is 4.84. The van der Waals surface area contributed by atoms with Crippen LogP contribution in [0.3, 0.4) is 0 Å². The molecule has 0 amide bonds. The van der Waals surface area contributed by atoms with Crippen molar-refractivity contribution in [3.8, 4) is 0 Å². The Labute approximate surface area is 223 Å². The van der Waals surface area contributed by atoms with Gasteiger partial charge in [-0.2, -0.15) is 0 Å². The van der Waals surface area contributed by atoms with Crippen molar-refractivity contribution in [2.45, 2.75) is 38.6 Å². The summed E-state index contributed by atoms with van der Waals surface area (Å²) in [6.07, 6.45) is 0.773. The summed E-state index contributed by atoms with van der Waals surface area (Å²) < 4.78 is 4.63. The van der Waals surface area contributed by atoms with E-state index in [1.165, 1.54) is 38.2 Å². The number of aliphatic hydroxyl groups is 1. The second-order valence-corrected chi connectivity index (χ2v) is 7.90. The molecule has 5 N–H and O–H groups in total.